The fourth-order valence-electron chi connectivity index (χ4n) is 3.28. The van der Waals surface area contributed by atoms with E-state index in [9.17, 15) is 14.4 Å². The van der Waals surface area contributed by atoms with Gasteiger partial charge in [0.25, 0.3) is 0 Å². The largest absolute Gasteiger partial charge is 0.494 e. The number of hydrogen-bond donors (Lipinski definition) is 1. The van der Waals surface area contributed by atoms with Gasteiger partial charge in [0.1, 0.15) is 5.75 Å². The van der Waals surface area contributed by atoms with E-state index in [4.69, 9.17) is 24.1 Å². The summed E-state index contributed by atoms with van der Waals surface area (Å²) >= 11 is 0. The summed E-state index contributed by atoms with van der Waals surface area (Å²) in [7, 11) is 1.44. The maximum absolute atomic E-state index is 12.5. The van der Waals surface area contributed by atoms with Gasteiger partial charge >= 0.3 is 17.9 Å². The summed E-state index contributed by atoms with van der Waals surface area (Å²) in [5.74, 6) is -0.730. The number of methoxy groups -OCH3 is 1. The average molecular weight is 511 g/mol. The van der Waals surface area contributed by atoms with E-state index in [1.54, 1.807) is 49.4 Å². The predicted molar refractivity (Wildman–Crippen MR) is 140 cm³/mol. The molecule has 0 unspecified atom stereocenters. The molecule has 8 nitrogen and oxygen atoms in total. The van der Waals surface area contributed by atoms with Crippen LogP contribution in [0.15, 0.2) is 60.7 Å². The summed E-state index contributed by atoms with van der Waals surface area (Å²) in [6.45, 7) is 6.21. The lowest BCUT2D eigenvalue weighted by molar-refractivity contribution is -0.139. The first-order chi connectivity index (χ1) is 17.8. The van der Waals surface area contributed by atoms with E-state index in [0.29, 0.717) is 41.4 Å². The molecule has 0 aliphatic carbocycles. The van der Waals surface area contributed by atoms with Gasteiger partial charge in [-0.05, 0) is 67.8 Å². The van der Waals surface area contributed by atoms with E-state index >= 15 is 0 Å². The van der Waals surface area contributed by atoms with Crippen LogP contribution in [0.25, 0.3) is 6.08 Å². The molecular weight excluding hydrogens is 476 g/mol. The zero-order valence-electron chi connectivity index (χ0n) is 21.4. The standard InChI is InChI=1S/C29H34O8/c1-21(2)28(32)36-19-9-7-5-4-6-8-18-35-24-14-12-23(13-15-24)29(33)37-25-16-10-22(11-17-27(30)31)20-26(25)34-3/h10-17,20H,1,4-9,18-19H2,2-3H3,(H,30,31)/b17-11+. The summed E-state index contributed by atoms with van der Waals surface area (Å²) in [6, 6.07) is 11.5. The zero-order valence-corrected chi connectivity index (χ0v) is 21.4. The molecule has 0 aromatic heterocycles. The molecule has 0 aliphatic heterocycles. The van der Waals surface area contributed by atoms with Gasteiger partial charge in [0.05, 0.1) is 25.9 Å². The average Bonchev–Trinajstić information content (AvgIpc) is 2.89. The highest BCUT2D eigenvalue weighted by Crippen LogP contribution is 2.29. The molecular formula is C29H34O8. The molecule has 198 valence electrons. The Hall–Kier alpha value is -4.07. The van der Waals surface area contributed by atoms with Gasteiger partial charge < -0.3 is 24.1 Å². The molecule has 0 amide bonds. The Morgan fingerprint density at radius 2 is 1.54 bits per heavy atom. The van der Waals surface area contributed by atoms with Crippen LogP contribution in [0.1, 0.15) is 61.4 Å². The van der Waals surface area contributed by atoms with E-state index < -0.39 is 11.9 Å². The molecule has 1 N–H and O–H groups in total. The molecule has 2 aromatic rings. The highest BCUT2D eigenvalue weighted by Gasteiger charge is 2.13. The Kier molecular flexibility index (Phi) is 12.5. The minimum atomic E-state index is -1.06. The van der Waals surface area contributed by atoms with Crippen molar-refractivity contribution in [3.63, 3.8) is 0 Å². The summed E-state index contributed by atoms with van der Waals surface area (Å²) in [4.78, 5) is 34.5. The van der Waals surface area contributed by atoms with Crippen LogP contribution in [-0.4, -0.2) is 43.3 Å². The second kappa shape index (κ2) is 15.8. The van der Waals surface area contributed by atoms with Gasteiger partial charge in [-0.3, -0.25) is 0 Å². The smallest absolute Gasteiger partial charge is 0.343 e. The molecule has 2 aromatic carbocycles. The number of carboxylic acids is 1. The minimum Gasteiger partial charge on any atom is -0.494 e. The number of aliphatic carboxylic acids is 1. The van der Waals surface area contributed by atoms with Gasteiger partial charge in [-0.2, -0.15) is 0 Å². The van der Waals surface area contributed by atoms with Crippen LogP contribution >= 0.6 is 0 Å². The third-order valence-electron chi connectivity index (χ3n) is 5.29. The Balaban J connectivity index is 1.69. The minimum absolute atomic E-state index is 0.230. The highest BCUT2D eigenvalue weighted by molar-refractivity contribution is 5.91. The fourth-order valence-corrected chi connectivity index (χ4v) is 3.28. The Bertz CT molecular complexity index is 1090. The number of ether oxygens (including phenoxy) is 4. The van der Waals surface area contributed by atoms with Crippen LogP contribution in [0, 0.1) is 0 Å². The fraction of sp³-hybridized carbons (Fsp3) is 0.345. The molecule has 0 fully saturated rings. The summed E-state index contributed by atoms with van der Waals surface area (Å²) in [6.07, 6.45) is 8.43. The van der Waals surface area contributed by atoms with Crippen LogP contribution in [0.2, 0.25) is 0 Å². The SMILES string of the molecule is C=C(C)C(=O)OCCCCCCCCOc1ccc(C(=O)Oc2ccc(/C=C/C(=O)O)cc2OC)cc1. The second-order valence-electron chi connectivity index (χ2n) is 8.38. The Morgan fingerprint density at radius 3 is 2.16 bits per heavy atom. The van der Waals surface area contributed by atoms with Gasteiger partial charge in [0.15, 0.2) is 11.5 Å². The Labute approximate surface area is 217 Å². The lowest BCUT2D eigenvalue weighted by Gasteiger charge is -2.11. The monoisotopic (exact) mass is 510 g/mol. The topological polar surface area (TPSA) is 108 Å². The summed E-state index contributed by atoms with van der Waals surface area (Å²) in [5, 5.41) is 8.75. The molecule has 0 spiro atoms. The van der Waals surface area contributed by atoms with E-state index in [2.05, 4.69) is 6.58 Å². The highest BCUT2D eigenvalue weighted by atomic mass is 16.6. The maximum atomic E-state index is 12.5. The first kappa shape index (κ1) is 29.2. The number of esters is 2. The van der Waals surface area contributed by atoms with Crippen LogP contribution in [-0.2, 0) is 14.3 Å². The van der Waals surface area contributed by atoms with Crippen molar-refractivity contribution in [3.8, 4) is 17.2 Å². The van der Waals surface area contributed by atoms with E-state index in [-0.39, 0.29) is 11.7 Å². The third kappa shape index (κ3) is 11.0. The Morgan fingerprint density at radius 1 is 0.892 bits per heavy atom. The molecule has 0 bridgehead atoms. The van der Waals surface area contributed by atoms with Crippen molar-refractivity contribution in [1.29, 1.82) is 0 Å². The molecule has 37 heavy (non-hydrogen) atoms. The first-order valence-corrected chi connectivity index (χ1v) is 12.2. The van der Waals surface area contributed by atoms with Crippen LogP contribution < -0.4 is 14.2 Å². The van der Waals surface area contributed by atoms with Gasteiger partial charge in [-0.1, -0.05) is 38.3 Å². The molecule has 0 saturated carbocycles. The predicted octanol–water partition coefficient (Wildman–Crippen LogP) is 5.85. The van der Waals surface area contributed by atoms with Crippen LogP contribution in [0.4, 0.5) is 0 Å². The number of carbonyl (C=O) groups excluding carboxylic acids is 2. The number of benzene rings is 2. The third-order valence-corrected chi connectivity index (χ3v) is 5.29. The molecule has 0 saturated heterocycles. The van der Waals surface area contributed by atoms with E-state index in [0.717, 1.165) is 44.6 Å². The van der Waals surface area contributed by atoms with Gasteiger partial charge in [-0.15, -0.1) is 0 Å². The lowest BCUT2D eigenvalue weighted by atomic mass is 10.1. The quantitative estimate of drug-likeness (QED) is 0.130. The summed E-state index contributed by atoms with van der Waals surface area (Å²) in [5.41, 5.74) is 1.38. The second-order valence-corrected chi connectivity index (χ2v) is 8.38. The normalized spacial score (nSPS) is 10.6. The number of carbonyl (C=O) groups is 3. The number of hydrogen-bond acceptors (Lipinski definition) is 7. The lowest BCUT2D eigenvalue weighted by Crippen LogP contribution is -2.09. The van der Waals surface area contributed by atoms with E-state index in [1.165, 1.54) is 13.2 Å². The van der Waals surface area contributed by atoms with Gasteiger partial charge in [0.2, 0.25) is 0 Å². The van der Waals surface area contributed by atoms with Crippen molar-refractivity contribution in [1.82, 2.24) is 0 Å². The van der Waals surface area contributed by atoms with Crippen LogP contribution in [0.3, 0.4) is 0 Å². The number of rotatable bonds is 16. The van der Waals surface area contributed by atoms with Gasteiger partial charge in [0, 0.05) is 11.6 Å². The summed E-state index contributed by atoms with van der Waals surface area (Å²) < 4.78 is 21.5. The van der Waals surface area contributed by atoms with E-state index in [1.807, 2.05) is 0 Å². The molecule has 0 heterocycles. The first-order valence-electron chi connectivity index (χ1n) is 12.2. The van der Waals surface area contributed by atoms with Gasteiger partial charge in [-0.25, -0.2) is 14.4 Å². The molecule has 2 rings (SSSR count). The van der Waals surface area contributed by atoms with Crippen molar-refractivity contribution in [3.05, 3.63) is 71.8 Å². The van der Waals surface area contributed by atoms with Crippen molar-refractivity contribution in [2.75, 3.05) is 20.3 Å². The van der Waals surface area contributed by atoms with Crippen molar-refractivity contribution < 1.29 is 38.4 Å². The maximum Gasteiger partial charge on any atom is 0.343 e. The molecule has 0 aliphatic rings. The van der Waals surface area contributed by atoms with Crippen LogP contribution in [0.5, 0.6) is 17.2 Å². The number of unbranched alkanes of at least 4 members (excludes halogenated alkanes) is 5. The molecule has 0 radical (unpaired) electrons. The van der Waals surface area contributed by atoms with Crippen molar-refractivity contribution >= 4 is 24.0 Å². The van der Waals surface area contributed by atoms with Crippen molar-refractivity contribution in [2.24, 2.45) is 0 Å². The van der Waals surface area contributed by atoms with Crippen molar-refractivity contribution in [2.45, 2.75) is 45.4 Å². The zero-order chi connectivity index (χ0) is 27.0. The number of carboxylic acid groups (broad SMARTS) is 1. The molecule has 0 atom stereocenters. The molecule has 8 heteroatoms.